The summed E-state index contributed by atoms with van der Waals surface area (Å²) in [7, 11) is 0. The number of aromatic nitrogens is 1. The van der Waals surface area contributed by atoms with Gasteiger partial charge in [-0.3, -0.25) is 24.3 Å². The zero-order valence-electron chi connectivity index (χ0n) is 33.5. The molecule has 1 aromatic rings. The maximum atomic E-state index is 14.2. The summed E-state index contributed by atoms with van der Waals surface area (Å²) in [5.41, 5.74) is 1.30. The quantitative estimate of drug-likeness (QED) is 0.264. The van der Waals surface area contributed by atoms with Crippen molar-refractivity contribution < 1.29 is 33.8 Å². The minimum Gasteiger partial charge on any atom is -0.481 e. The fourth-order valence-corrected chi connectivity index (χ4v) is 13.5. The molecule has 4 saturated carbocycles. The van der Waals surface area contributed by atoms with Crippen LogP contribution >= 0.6 is 0 Å². The standard InChI is InChI=1S/C44H62N2O7/c1-26(2)35-29(47)22-44(33-25-46(38(51)53-33)24-27-12-10-11-21-45-27)20-19-42(8)28(36(35)44)13-14-31-41(7)17-16-32(52-34(48)23-39(3,4)37(49)50)40(5,6)30(41)15-18-43(31,42)9/h10-12,21,26,28,30-33H,13-20,22-25H2,1-9H3,(H,49,50). The number of esters is 1. The number of ether oxygens (including phenoxy) is 2. The number of amides is 1. The number of fused-ring (bicyclic) bond motifs is 7. The van der Waals surface area contributed by atoms with Crippen LogP contribution in [0.2, 0.25) is 0 Å². The van der Waals surface area contributed by atoms with Gasteiger partial charge in [0.05, 0.1) is 30.6 Å². The van der Waals surface area contributed by atoms with Crippen LogP contribution in [-0.2, 0) is 30.4 Å². The Labute approximate surface area is 316 Å². The summed E-state index contributed by atoms with van der Waals surface area (Å²) in [6.07, 6.45) is 8.87. The van der Waals surface area contributed by atoms with E-state index in [9.17, 15) is 24.3 Å². The Hall–Kier alpha value is -3.23. The highest BCUT2D eigenvalue weighted by Crippen LogP contribution is 2.77. The Morgan fingerprint density at radius 2 is 1.72 bits per heavy atom. The Bertz CT molecular complexity index is 1720. The molecule has 0 spiro atoms. The predicted molar refractivity (Wildman–Crippen MR) is 200 cm³/mol. The number of pyridine rings is 1. The first-order chi connectivity index (χ1) is 24.7. The van der Waals surface area contributed by atoms with Gasteiger partial charge in [0.25, 0.3) is 0 Å². The van der Waals surface area contributed by atoms with Crippen LogP contribution in [0.5, 0.6) is 0 Å². The molecule has 7 rings (SSSR count). The Balaban J connectivity index is 1.17. The number of hydrogen-bond acceptors (Lipinski definition) is 7. The molecule has 5 aliphatic carbocycles. The van der Waals surface area contributed by atoms with E-state index in [4.69, 9.17) is 9.47 Å². The average molecular weight is 731 g/mol. The van der Waals surface area contributed by atoms with Crippen molar-refractivity contribution in [2.45, 2.75) is 145 Å². The molecule has 1 aliphatic heterocycles. The van der Waals surface area contributed by atoms with Crippen LogP contribution in [0.15, 0.2) is 35.5 Å². The van der Waals surface area contributed by atoms with Crippen LogP contribution in [0.4, 0.5) is 4.79 Å². The van der Waals surface area contributed by atoms with Gasteiger partial charge in [0, 0.05) is 23.4 Å². The molecule has 53 heavy (non-hydrogen) atoms. The van der Waals surface area contributed by atoms with Gasteiger partial charge in [-0.15, -0.1) is 0 Å². The van der Waals surface area contributed by atoms with Gasteiger partial charge >= 0.3 is 18.0 Å². The smallest absolute Gasteiger partial charge is 0.410 e. The number of Topliss-reactive ketones (excluding diaryl/α,β-unsaturated/α-hetero) is 1. The zero-order valence-corrected chi connectivity index (χ0v) is 33.5. The Kier molecular flexibility index (Phi) is 9.09. The lowest BCUT2D eigenvalue weighted by Crippen LogP contribution is -2.66. The third-order valence-corrected chi connectivity index (χ3v) is 16.4. The summed E-state index contributed by atoms with van der Waals surface area (Å²) < 4.78 is 12.5. The summed E-state index contributed by atoms with van der Waals surface area (Å²) in [5.74, 6) is -0.00537. The van der Waals surface area contributed by atoms with E-state index in [1.54, 1.807) is 24.9 Å². The third-order valence-electron chi connectivity index (χ3n) is 16.4. The van der Waals surface area contributed by atoms with E-state index in [2.05, 4.69) is 53.5 Å². The van der Waals surface area contributed by atoms with Crippen molar-refractivity contribution >= 4 is 23.8 Å². The van der Waals surface area contributed by atoms with Gasteiger partial charge in [0.15, 0.2) is 5.78 Å². The van der Waals surface area contributed by atoms with E-state index >= 15 is 0 Å². The highest BCUT2D eigenvalue weighted by atomic mass is 16.6. The van der Waals surface area contributed by atoms with Gasteiger partial charge in [-0.1, -0.05) is 54.5 Å². The number of carbonyl (C=O) groups excluding carboxylic acids is 3. The highest BCUT2D eigenvalue weighted by molar-refractivity contribution is 6.01. The van der Waals surface area contributed by atoms with E-state index in [1.807, 2.05) is 18.2 Å². The van der Waals surface area contributed by atoms with Crippen molar-refractivity contribution in [2.75, 3.05) is 6.54 Å². The van der Waals surface area contributed by atoms with Gasteiger partial charge in [-0.2, -0.15) is 0 Å². The molecule has 1 aromatic heterocycles. The summed E-state index contributed by atoms with van der Waals surface area (Å²) in [6.45, 7) is 20.5. The van der Waals surface area contributed by atoms with Gasteiger partial charge in [-0.05, 0) is 128 Å². The summed E-state index contributed by atoms with van der Waals surface area (Å²) >= 11 is 0. The van der Waals surface area contributed by atoms with E-state index < -0.39 is 22.8 Å². The molecule has 5 fully saturated rings. The van der Waals surface area contributed by atoms with Crippen LogP contribution in [0, 0.1) is 56.2 Å². The number of allylic oxidation sites excluding steroid dienone is 1. The van der Waals surface area contributed by atoms with Crippen molar-refractivity contribution in [1.29, 1.82) is 0 Å². The highest BCUT2D eigenvalue weighted by Gasteiger charge is 2.71. The molecule has 9 atom stereocenters. The van der Waals surface area contributed by atoms with Crippen molar-refractivity contribution in [3.63, 3.8) is 0 Å². The lowest BCUT2D eigenvalue weighted by atomic mass is 9.33. The van der Waals surface area contributed by atoms with E-state index in [0.717, 1.165) is 62.6 Å². The van der Waals surface area contributed by atoms with Gasteiger partial charge < -0.3 is 14.6 Å². The SMILES string of the molecule is CC(C)C1=C2C3CCC4C5(C)CCC(OC(=O)CC(C)(C)C(=O)O)C(C)(C)C5CCC4(C)C3(C)CCC2(C2CN(Cc3ccccn3)C(=O)O2)CC1=O. The number of rotatable bonds is 8. The lowest BCUT2D eigenvalue weighted by Gasteiger charge is -2.72. The molecular weight excluding hydrogens is 668 g/mol. The number of aliphatic carboxylic acids is 1. The van der Waals surface area contributed by atoms with Crippen molar-refractivity contribution in [3.05, 3.63) is 41.2 Å². The summed E-state index contributed by atoms with van der Waals surface area (Å²) in [5, 5.41) is 9.62. The maximum absolute atomic E-state index is 14.2. The number of carbonyl (C=O) groups is 4. The van der Waals surface area contributed by atoms with Crippen LogP contribution in [-0.4, -0.2) is 57.6 Å². The normalized spacial score (nSPS) is 39.2. The number of carboxylic acid groups (broad SMARTS) is 1. The summed E-state index contributed by atoms with van der Waals surface area (Å²) in [6, 6.07) is 5.74. The molecule has 9 unspecified atom stereocenters. The largest absolute Gasteiger partial charge is 0.481 e. The van der Waals surface area contributed by atoms with Gasteiger partial charge in [-0.25, -0.2) is 4.79 Å². The van der Waals surface area contributed by atoms with Gasteiger partial charge in [0.2, 0.25) is 0 Å². The van der Waals surface area contributed by atoms with E-state index in [-0.39, 0.29) is 64.0 Å². The second-order valence-corrected chi connectivity index (χ2v) is 20.1. The Morgan fingerprint density at radius 1 is 0.981 bits per heavy atom. The molecule has 6 aliphatic rings. The molecule has 1 saturated heterocycles. The molecule has 2 heterocycles. The minimum absolute atomic E-state index is 0.0282. The van der Waals surface area contributed by atoms with E-state index in [1.165, 1.54) is 5.57 Å². The molecule has 0 radical (unpaired) electrons. The fourth-order valence-electron chi connectivity index (χ4n) is 13.5. The molecule has 9 nitrogen and oxygen atoms in total. The summed E-state index contributed by atoms with van der Waals surface area (Å²) in [4.78, 5) is 58.7. The number of hydrogen-bond donors (Lipinski definition) is 1. The average Bonchev–Trinajstić information content (AvgIpc) is 3.59. The lowest BCUT2D eigenvalue weighted by molar-refractivity contribution is -0.234. The van der Waals surface area contributed by atoms with Crippen LogP contribution < -0.4 is 0 Å². The molecule has 0 aromatic carbocycles. The maximum Gasteiger partial charge on any atom is 0.410 e. The monoisotopic (exact) mass is 730 g/mol. The first-order valence-corrected chi connectivity index (χ1v) is 20.3. The first-order valence-electron chi connectivity index (χ1n) is 20.3. The second kappa shape index (κ2) is 12.7. The molecule has 9 heteroatoms. The van der Waals surface area contributed by atoms with Crippen LogP contribution in [0.25, 0.3) is 0 Å². The molecular formula is C44H62N2O7. The number of carboxylic acids is 1. The second-order valence-electron chi connectivity index (χ2n) is 20.1. The third kappa shape index (κ3) is 5.62. The minimum atomic E-state index is -1.17. The van der Waals surface area contributed by atoms with Crippen LogP contribution in [0.1, 0.15) is 132 Å². The number of nitrogens with zero attached hydrogens (tertiary/aromatic N) is 2. The van der Waals surface area contributed by atoms with Crippen molar-refractivity contribution in [1.82, 2.24) is 9.88 Å². The first kappa shape index (κ1) is 38.1. The predicted octanol–water partition coefficient (Wildman–Crippen LogP) is 8.80. The van der Waals surface area contributed by atoms with Crippen LogP contribution in [0.3, 0.4) is 0 Å². The van der Waals surface area contributed by atoms with Crippen molar-refractivity contribution in [2.24, 2.45) is 56.2 Å². The molecule has 1 N–H and O–H groups in total. The molecule has 0 bridgehead atoms. The van der Waals surface area contributed by atoms with Crippen molar-refractivity contribution in [3.8, 4) is 0 Å². The van der Waals surface area contributed by atoms with E-state index in [0.29, 0.717) is 31.3 Å². The number of cyclic esters (lactones) is 1. The topological polar surface area (TPSA) is 123 Å². The fraction of sp³-hybridized carbons (Fsp3) is 0.750. The van der Waals surface area contributed by atoms with Gasteiger partial charge in [0.1, 0.15) is 12.2 Å². The molecule has 290 valence electrons. The molecule has 1 amide bonds. The zero-order chi connectivity index (χ0) is 38.5. The Morgan fingerprint density at radius 3 is 2.38 bits per heavy atom. The number of ketones is 1.